The van der Waals surface area contributed by atoms with Gasteiger partial charge in [0.15, 0.2) is 0 Å². The van der Waals surface area contributed by atoms with Gasteiger partial charge in [-0.3, -0.25) is 9.59 Å². The van der Waals surface area contributed by atoms with Crippen molar-refractivity contribution in [2.75, 3.05) is 11.9 Å². The van der Waals surface area contributed by atoms with Crippen LogP contribution in [-0.2, 0) is 22.6 Å². The Morgan fingerprint density at radius 2 is 2.05 bits per heavy atom. The molecular formula is C17H24N2O3. The van der Waals surface area contributed by atoms with E-state index >= 15 is 0 Å². The molecule has 0 saturated carbocycles. The second-order valence-electron chi connectivity index (χ2n) is 5.75. The van der Waals surface area contributed by atoms with Crippen LogP contribution in [-0.4, -0.2) is 23.5 Å². The lowest BCUT2D eigenvalue weighted by molar-refractivity contribution is -0.156. The molecule has 5 heteroatoms. The third kappa shape index (κ3) is 2.93. The van der Waals surface area contributed by atoms with Crippen molar-refractivity contribution in [1.29, 1.82) is 0 Å². The van der Waals surface area contributed by atoms with Gasteiger partial charge >= 0.3 is 5.97 Å². The van der Waals surface area contributed by atoms with Crippen molar-refractivity contribution in [3.8, 4) is 0 Å². The SMILES string of the molecule is CCC(CC)(C(=O)O)C(=O)NCc1cccc2c1CCCN2. The summed E-state index contributed by atoms with van der Waals surface area (Å²) < 4.78 is 0. The van der Waals surface area contributed by atoms with Crippen molar-refractivity contribution >= 4 is 17.6 Å². The van der Waals surface area contributed by atoms with Crippen LogP contribution in [0.5, 0.6) is 0 Å². The minimum atomic E-state index is -1.33. The van der Waals surface area contributed by atoms with Gasteiger partial charge in [0.2, 0.25) is 5.91 Å². The number of anilines is 1. The summed E-state index contributed by atoms with van der Waals surface area (Å²) >= 11 is 0. The molecule has 0 spiro atoms. The fourth-order valence-corrected chi connectivity index (χ4v) is 3.06. The van der Waals surface area contributed by atoms with E-state index < -0.39 is 17.3 Å². The molecule has 0 bridgehead atoms. The summed E-state index contributed by atoms with van der Waals surface area (Å²) in [4.78, 5) is 23.9. The number of carbonyl (C=O) groups is 2. The van der Waals surface area contributed by atoms with Gasteiger partial charge < -0.3 is 15.7 Å². The number of nitrogens with one attached hydrogen (secondary N) is 2. The van der Waals surface area contributed by atoms with Gasteiger partial charge in [0.25, 0.3) is 0 Å². The molecule has 2 rings (SSSR count). The van der Waals surface area contributed by atoms with Gasteiger partial charge in [-0.05, 0) is 42.9 Å². The smallest absolute Gasteiger partial charge is 0.319 e. The highest BCUT2D eigenvalue weighted by Crippen LogP contribution is 2.28. The van der Waals surface area contributed by atoms with E-state index in [-0.39, 0.29) is 0 Å². The van der Waals surface area contributed by atoms with Crippen molar-refractivity contribution < 1.29 is 14.7 Å². The maximum atomic E-state index is 12.4. The molecule has 1 aromatic carbocycles. The van der Waals surface area contributed by atoms with E-state index in [9.17, 15) is 14.7 Å². The van der Waals surface area contributed by atoms with Gasteiger partial charge in [0.05, 0.1) is 0 Å². The van der Waals surface area contributed by atoms with Crippen LogP contribution in [0.25, 0.3) is 0 Å². The van der Waals surface area contributed by atoms with Crippen LogP contribution in [0.3, 0.4) is 0 Å². The molecule has 1 aliphatic heterocycles. The molecule has 1 aliphatic rings. The van der Waals surface area contributed by atoms with Crippen LogP contribution in [0.15, 0.2) is 18.2 Å². The highest BCUT2D eigenvalue weighted by molar-refractivity contribution is 6.01. The van der Waals surface area contributed by atoms with E-state index in [0.717, 1.165) is 30.6 Å². The lowest BCUT2D eigenvalue weighted by Gasteiger charge is -2.26. The number of hydrogen-bond acceptors (Lipinski definition) is 3. The number of carbonyl (C=O) groups excluding carboxylic acids is 1. The highest BCUT2D eigenvalue weighted by atomic mass is 16.4. The van der Waals surface area contributed by atoms with E-state index in [1.54, 1.807) is 13.8 Å². The Hall–Kier alpha value is -2.04. The first-order valence-corrected chi connectivity index (χ1v) is 7.91. The molecule has 0 saturated heterocycles. The molecule has 0 aliphatic carbocycles. The van der Waals surface area contributed by atoms with Crippen LogP contribution in [0.2, 0.25) is 0 Å². The molecule has 0 atom stereocenters. The molecule has 0 radical (unpaired) electrons. The largest absolute Gasteiger partial charge is 0.480 e. The molecule has 0 fully saturated rings. The van der Waals surface area contributed by atoms with Crippen molar-refractivity contribution in [2.45, 2.75) is 46.1 Å². The molecule has 1 heterocycles. The number of benzene rings is 1. The number of carboxylic acid groups (broad SMARTS) is 1. The molecule has 1 aromatic rings. The number of carboxylic acids is 1. The molecule has 3 N–H and O–H groups in total. The van der Waals surface area contributed by atoms with E-state index in [4.69, 9.17) is 0 Å². The van der Waals surface area contributed by atoms with E-state index in [1.165, 1.54) is 5.56 Å². The van der Waals surface area contributed by atoms with Crippen LogP contribution in [0, 0.1) is 5.41 Å². The Balaban J connectivity index is 2.13. The fourth-order valence-electron chi connectivity index (χ4n) is 3.06. The van der Waals surface area contributed by atoms with Gasteiger partial charge in [0.1, 0.15) is 5.41 Å². The summed E-state index contributed by atoms with van der Waals surface area (Å²) in [6.45, 7) is 4.83. The van der Waals surface area contributed by atoms with Crippen LogP contribution in [0.4, 0.5) is 5.69 Å². The Morgan fingerprint density at radius 1 is 1.32 bits per heavy atom. The lowest BCUT2D eigenvalue weighted by Crippen LogP contribution is -2.45. The maximum Gasteiger partial charge on any atom is 0.319 e. The van der Waals surface area contributed by atoms with Gasteiger partial charge in [-0.2, -0.15) is 0 Å². The quantitative estimate of drug-likeness (QED) is 0.706. The second-order valence-corrected chi connectivity index (χ2v) is 5.75. The van der Waals surface area contributed by atoms with Crippen LogP contribution >= 0.6 is 0 Å². The van der Waals surface area contributed by atoms with Crippen molar-refractivity contribution in [2.24, 2.45) is 5.41 Å². The number of aliphatic carboxylic acids is 1. The molecule has 0 aromatic heterocycles. The van der Waals surface area contributed by atoms with Gasteiger partial charge in [-0.1, -0.05) is 26.0 Å². The van der Waals surface area contributed by atoms with E-state index in [1.807, 2.05) is 18.2 Å². The predicted molar refractivity (Wildman–Crippen MR) is 85.8 cm³/mol. The Kier molecular flexibility index (Phi) is 5.06. The zero-order valence-electron chi connectivity index (χ0n) is 13.2. The topological polar surface area (TPSA) is 78.4 Å². The number of rotatable bonds is 6. The maximum absolute atomic E-state index is 12.4. The summed E-state index contributed by atoms with van der Waals surface area (Å²) in [6.07, 6.45) is 2.64. The Labute approximate surface area is 131 Å². The first-order chi connectivity index (χ1) is 10.5. The normalized spacial score (nSPS) is 13.9. The van der Waals surface area contributed by atoms with Gasteiger partial charge in [-0.15, -0.1) is 0 Å². The van der Waals surface area contributed by atoms with Crippen molar-refractivity contribution in [3.05, 3.63) is 29.3 Å². The third-order valence-electron chi connectivity index (χ3n) is 4.68. The minimum absolute atomic E-state index is 0.291. The van der Waals surface area contributed by atoms with E-state index in [0.29, 0.717) is 19.4 Å². The lowest BCUT2D eigenvalue weighted by atomic mass is 9.81. The molecule has 1 amide bonds. The fraction of sp³-hybridized carbons (Fsp3) is 0.529. The third-order valence-corrected chi connectivity index (χ3v) is 4.68. The molecule has 120 valence electrons. The molecule has 0 unspecified atom stereocenters. The molecule has 22 heavy (non-hydrogen) atoms. The summed E-state index contributed by atoms with van der Waals surface area (Å²) in [5, 5.41) is 15.6. The number of hydrogen-bond donors (Lipinski definition) is 3. The molecular weight excluding hydrogens is 280 g/mol. The predicted octanol–water partition coefficient (Wildman–Crippen LogP) is 2.55. The first kappa shape index (κ1) is 16.3. The average molecular weight is 304 g/mol. The van der Waals surface area contributed by atoms with Gasteiger partial charge in [0, 0.05) is 18.8 Å². The summed E-state index contributed by atoms with van der Waals surface area (Å²) in [6, 6.07) is 5.99. The van der Waals surface area contributed by atoms with Gasteiger partial charge in [-0.25, -0.2) is 0 Å². The van der Waals surface area contributed by atoms with Crippen molar-refractivity contribution in [1.82, 2.24) is 5.32 Å². The second kappa shape index (κ2) is 6.81. The monoisotopic (exact) mass is 304 g/mol. The Morgan fingerprint density at radius 3 is 2.68 bits per heavy atom. The summed E-state index contributed by atoms with van der Waals surface area (Å²) in [5.41, 5.74) is 2.08. The number of amides is 1. The minimum Gasteiger partial charge on any atom is -0.480 e. The highest BCUT2D eigenvalue weighted by Gasteiger charge is 2.42. The van der Waals surface area contributed by atoms with Crippen LogP contribution in [0.1, 0.15) is 44.2 Å². The first-order valence-electron chi connectivity index (χ1n) is 7.91. The Bertz CT molecular complexity index is 565. The summed E-state index contributed by atoms with van der Waals surface area (Å²) in [5.74, 6) is -1.45. The molecule has 5 nitrogen and oxygen atoms in total. The average Bonchev–Trinajstić information content (AvgIpc) is 2.54. The standard InChI is InChI=1S/C17H24N2O3/c1-3-17(4-2,16(21)22)15(20)19-11-12-7-5-9-14-13(12)8-6-10-18-14/h5,7,9,18H,3-4,6,8,10-11H2,1-2H3,(H,19,20)(H,21,22). The van der Waals surface area contributed by atoms with Crippen molar-refractivity contribution in [3.63, 3.8) is 0 Å². The van der Waals surface area contributed by atoms with Crippen LogP contribution < -0.4 is 10.6 Å². The summed E-state index contributed by atoms with van der Waals surface area (Å²) in [7, 11) is 0. The zero-order valence-corrected chi connectivity index (χ0v) is 13.2. The number of fused-ring (bicyclic) bond motifs is 1. The zero-order chi connectivity index (χ0) is 16.2. The van der Waals surface area contributed by atoms with E-state index in [2.05, 4.69) is 10.6 Å².